The van der Waals surface area contributed by atoms with Crippen molar-refractivity contribution in [2.24, 2.45) is 5.92 Å². The fourth-order valence-corrected chi connectivity index (χ4v) is 4.98. The minimum absolute atomic E-state index is 0.106. The van der Waals surface area contributed by atoms with Crippen LogP contribution >= 0.6 is 11.6 Å². The quantitative estimate of drug-likeness (QED) is 0.290. The molecule has 10 heteroatoms. The van der Waals surface area contributed by atoms with Gasteiger partial charge in [-0.25, -0.2) is 8.42 Å². The molecule has 0 saturated carbocycles. The third-order valence-corrected chi connectivity index (χ3v) is 6.98. The molecule has 2 atom stereocenters. The Morgan fingerprint density at radius 1 is 1.19 bits per heavy atom. The Hall–Kier alpha value is -2.49. The van der Waals surface area contributed by atoms with Gasteiger partial charge in [0, 0.05) is 23.7 Å². The molecule has 0 N–H and O–H groups in total. The van der Waals surface area contributed by atoms with E-state index >= 15 is 0 Å². The Bertz CT molecular complexity index is 1030. The zero-order valence-corrected chi connectivity index (χ0v) is 19.1. The van der Waals surface area contributed by atoms with Crippen LogP contribution < -0.4 is 0 Å². The van der Waals surface area contributed by atoms with Gasteiger partial charge < -0.3 is 4.74 Å². The maximum absolute atomic E-state index is 13.6. The summed E-state index contributed by atoms with van der Waals surface area (Å²) in [5, 5.41) is 11.4. The summed E-state index contributed by atoms with van der Waals surface area (Å²) in [6, 6.07) is 10.2. The topological polar surface area (TPSA) is 107 Å². The highest BCUT2D eigenvalue weighted by Gasteiger charge is 2.40. The number of carbonyl (C=O) groups is 1. The number of esters is 1. The molecule has 0 unspecified atom stereocenters. The minimum atomic E-state index is -4.21. The summed E-state index contributed by atoms with van der Waals surface area (Å²) >= 11 is 6.06. The summed E-state index contributed by atoms with van der Waals surface area (Å²) < 4.78 is 33.5. The van der Waals surface area contributed by atoms with Gasteiger partial charge >= 0.3 is 5.97 Å². The first-order chi connectivity index (χ1) is 14.6. The molecule has 0 aliphatic carbocycles. The predicted octanol–water partition coefficient (Wildman–Crippen LogP) is 4.42. The molecule has 31 heavy (non-hydrogen) atoms. The van der Waals surface area contributed by atoms with E-state index in [9.17, 15) is 23.3 Å². The highest BCUT2D eigenvalue weighted by molar-refractivity contribution is 7.89. The largest absolute Gasteiger partial charge is 0.465 e. The molecule has 168 valence electrons. The van der Waals surface area contributed by atoms with Crippen LogP contribution in [-0.4, -0.2) is 36.3 Å². The molecule has 0 aliphatic rings. The van der Waals surface area contributed by atoms with Crippen molar-refractivity contribution in [3.05, 3.63) is 69.2 Å². The fourth-order valence-electron chi connectivity index (χ4n) is 3.11. The summed E-state index contributed by atoms with van der Waals surface area (Å²) in [6.45, 7) is 5.27. The number of nitro benzene ring substituents is 1. The smallest absolute Gasteiger partial charge is 0.324 e. The molecular weight excluding hydrogens is 444 g/mol. The first-order valence-electron chi connectivity index (χ1n) is 9.79. The second kappa shape index (κ2) is 10.7. The van der Waals surface area contributed by atoms with Gasteiger partial charge in [0.15, 0.2) is 0 Å². The molecule has 0 heterocycles. The van der Waals surface area contributed by atoms with Crippen LogP contribution in [0, 0.1) is 16.0 Å². The SMILES string of the molecule is CCOC(=O)[C@@H]([C@H](C)CC)N(Cc1cccc(Cl)c1)S(=O)(=O)c1ccc([N+](=O)[O-])cc1. The van der Waals surface area contributed by atoms with Crippen molar-refractivity contribution >= 4 is 33.3 Å². The molecule has 2 aromatic carbocycles. The van der Waals surface area contributed by atoms with Gasteiger partial charge in [-0.1, -0.05) is 44.0 Å². The molecule has 0 radical (unpaired) electrons. The van der Waals surface area contributed by atoms with Crippen LogP contribution in [0.3, 0.4) is 0 Å². The van der Waals surface area contributed by atoms with E-state index in [1.165, 1.54) is 0 Å². The Labute approximate surface area is 187 Å². The van der Waals surface area contributed by atoms with E-state index in [-0.39, 0.29) is 29.7 Å². The fraction of sp³-hybridized carbons (Fsp3) is 0.381. The number of carbonyl (C=O) groups excluding carboxylic acids is 1. The maximum Gasteiger partial charge on any atom is 0.324 e. The third kappa shape index (κ3) is 6.03. The molecule has 2 rings (SSSR count). The van der Waals surface area contributed by atoms with E-state index in [2.05, 4.69) is 0 Å². The van der Waals surface area contributed by atoms with Crippen LogP contribution in [0.5, 0.6) is 0 Å². The van der Waals surface area contributed by atoms with E-state index in [0.717, 1.165) is 28.6 Å². The van der Waals surface area contributed by atoms with E-state index in [1.54, 1.807) is 38.1 Å². The molecule has 0 fully saturated rings. The Kier molecular flexibility index (Phi) is 8.55. The number of hydrogen-bond donors (Lipinski definition) is 0. The second-order valence-electron chi connectivity index (χ2n) is 7.01. The Morgan fingerprint density at radius 2 is 1.84 bits per heavy atom. The molecule has 0 aromatic heterocycles. The third-order valence-electron chi connectivity index (χ3n) is 4.90. The average molecular weight is 469 g/mol. The molecule has 0 amide bonds. The summed E-state index contributed by atoms with van der Waals surface area (Å²) in [6.07, 6.45) is 0.533. The minimum Gasteiger partial charge on any atom is -0.465 e. The Balaban J connectivity index is 2.60. The van der Waals surface area contributed by atoms with Crippen LogP contribution in [-0.2, 0) is 26.1 Å². The molecule has 0 aliphatic heterocycles. The van der Waals surface area contributed by atoms with Crippen molar-refractivity contribution in [2.45, 2.75) is 44.7 Å². The molecule has 8 nitrogen and oxygen atoms in total. The summed E-state index contributed by atoms with van der Waals surface area (Å²) in [5.41, 5.74) is 0.361. The van der Waals surface area contributed by atoms with Crippen LogP contribution in [0.2, 0.25) is 5.02 Å². The van der Waals surface area contributed by atoms with E-state index < -0.39 is 27.0 Å². The van der Waals surface area contributed by atoms with Crippen molar-refractivity contribution in [3.63, 3.8) is 0 Å². The predicted molar refractivity (Wildman–Crippen MR) is 117 cm³/mol. The molecule has 2 aromatic rings. The first kappa shape index (κ1) is 24.8. The van der Waals surface area contributed by atoms with Gasteiger partial charge in [0.2, 0.25) is 10.0 Å². The standard InChI is InChI=1S/C21H25ClN2O6S/c1-4-15(3)20(21(25)30-5-2)23(14-16-7-6-8-17(22)13-16)31(28,29)19-11-9-18(10-12-19)24(26)27/h6-13,15,20H,4-5,14H2,1-3H3/t15-,20-/m1/s1. The van der Waals surface area contributed by atoms with Gasteiger partial charge in [0.25, 0.3) is 5.69 Å². The lowest BCUT2D eigenvalue weighted by Crippen LogP contribution is -2.48. The lowest BCUT2D eigenvalue weighted by Gasteiger charge is -2.33. The van der Waals surface area contributed by atoms with Crippen molar-refractivity contribution in [3.8, 4) is 0 Å². The number of ether oxygens (including phenoxy) is 1. The summed E-state index contributed by atoms with van der Waals surface area (Å²) in [5.74, 6) is -0.990. The number of hydrogen-bond acceptors (Lipinski definition) is 6. The zero-order valence-electron chi connectivity index (χ0n) is 17.5. The number of nitrogens with zero attached hydrogens (tertiary/aromatic N) is 2. The molecule has 0 saturated heterocycles. The first-order valence-corrected chi connectivity index (χ1v) is 11.6. The van der Waals surface area contributed by atoms with Crippen molar-refractivity contribution in [1.29, 1.82) is 0 Å². The maximum atomic E-state index is 13.6. The summed E-state index contributed by atoms with van der Waals surface area (Å²) in [7, 11) is -4.21. The number of halogens is 1. The van der Waals surface area contributed by atoms with Gasteiger partial charge in [0.05, 0.1) is 16.4 Å². The lowest BCUT2D eigenvalue weighted by atomic mass is 9.99. The van der Waals surface area contributed by atoms with Gasteiger partial charge in [0.1, 0.15) is 6.04 Å². The highest BCUT2D eigenvalue weighted by Crippen LogP contribution is 2.28. The van der Waals surface area contributed by atoms with Crippen LogP contribution in [0.15, 0.2) is 53.4 Å². The second-order valence-corrected chi connectivity index (χ2v) is 9.34. The number of rotatable bonds is 10. The van der Waals surface area contributed by atoms with Gasteiger partial charge in [-0.3, -0.25) is 14.9 Å². The van der Waals surface area contributed by atoms with Crippen molar-refractivity contribution < 1.29 is 22.9 Å². The number of nitro groups is 1. The monoisotopic (exact) mass is 468 g/mol. The van der Waals surface area contributed by atoms with Crippen molar-refractivity contribution in [2.75, 3.05) is 6.61 Å². The Morgan fingerprint density at radius 3 is 2.35 bits per heavy atom. The van der Waals surface area contributed by atoms with Gasteiger partial charge in [-0.2, -0.15) is 4.31 Å². The molecular formula is C21H25ClN2O6S. The van der Waals surface area contributed by atoms with Gasteiger partial charge in [-0.05, 0) is 42.7 Å². The number of sulfonamides is 1. The van der Waals surface area contributed by atoms with Crippen LogP contribution in [0.25, 0.3) is 0 Å². The molecule has 0 bridgehead atoms. The number of non-ortho nitro benzene ring substituents is 1. The van der Waals surface area contributed by atoms with Crippen molar-refractivity contribution in [1.82, 2.24) is 4.31 Å². The summed E-state index contributed by atoms with van der Waals surface area (Å²) in [4.78, 5) is 23.0. The van der Waals surface area contributed by atoms with E-state index in [1.807, 2.05) is 6.92 Å². The van der Waals surface area contributed by atoms with Crippen LogP contribution in [0.1, 0.15) is 32.8 Å². The zero-order chi connectivity index (χ0) is 23.2. The van der Waals surface area contributed by atoms with E-state index in [0.29, 0.717) is 17.0 Å². The average Bonchev–Trinajstić information content (AvgIpc) is 2.73. The van der Waals surface area contributed by atoms with Gasteiger partial charge in [-0.15, -0.1) is 0 Å². The van der Waals surface area contributed by atoms with Crippen LogP contribution in [0.4, 0.5) is 5.69 Å². The number of benzene rings is 2. The lowest BCUT2D eigenvalue weighted by molar-refractivity contribution is -0.384. The normalized spacial score (nSPS) is 13.6. The molecule has 0 spiro atoms. The highest BCUT2D eigenvalue weighted by atomic mass is 35.5. The van der Waals surface area contributed by atoms with E-state index in [4.69, 9.17) is 16.3 Å².